The summed E-state index contributed by atoms with van der Waals surface area (Å²) >= 11 is 0. The molecule has 2 N–H and O–H groups in total. The fourth-order valence-electron chi connectivity index (χ4n) is 3.72. The molecule has 6 nitrogen and oxygen atoms in total. The Morgan fingerprint density at radius 2 is 2.21 bits per heavy atom. The Kier molecular flexibility index (Phi) is 5.71. The number of benzene rings is 1. The van der Waals surface area contributed by atoms with Gasteiger partial charge in [-0.15, -0.1) is 0 Å². The smallest absolute Gasteiger partial charge is 0.244 e. The molecule has 3 rings (SSSR count). The van der Waals surface area contributed by atoms with Crippen molar-refractivity contribution in [2.75, 3.05) is 32.2 Å². The Labute approximate surface area is 142 Å². The molecule has 1 atom stereocenters. The molecule has 0 aromatic heterocycles. The number of morpholine rings is 1. The summed E-state index contributed by atoms with van der Waals surface area (Å²) in [7, 11) is 1.56. The van der Waals surface area contributed by atoms with Crippen LogP contribution < -0.4 is 10.1 Å². The lowest BCUT2D eigenvalue weighted by Gasteiger charge is -2.38. The van der Waals surface area contributed by atoms with Crippen molar-refractivity contribution >= 4 is 11.6 Å². The zero-order valence-corrected chi connectivity index (χ0v) is 14.2. The zero-order chi connectivity index (χ0) is 16.9. The molecule has 0 spiro atoms. The summed E-state index contributed by atoms with van der Waals surface area (Å²) in [6.45, 7) is 1.81. The number of nitrogens with zero attached hydrogens (tertiary/aromatic N) is 1. The summed E-state index contributed by atoms with van der Waals surface area (Å²) in [5, 5.41) is 12.4. The minimum absolute atomic E-state index is 0.0457. The molecule has 1 amide bonds. The third kappa shape index (κ3) is 3.71. The number of carbonyl (C=O) groups excluding carboxylic acids is 1. The Bertz CT molecular complexity index is 572. The van der Waals surface area contributed by atoms with Crippen molar-refractivity contribution in [2.45, 2.75) is 44.4 Å². The van der Waals surface area contributed by atoms with E-state index in [1.54, 1.807) is 25.3 Å². The van der Waals surface area contributed by atoms with Crippen LogP contribution in [0.3, 0.4) is 0 Å². The maximum Gasteiger partial charge on any atom is 0.244 e. The molecule has 1 aliphatic heterocycles. The number of aliphatic hydroxyl groups excluding tert-OH is 1. The number of aliphatic hydroxyl groups is 1. The molecule has 1 saturated heterocycles. The highest BCUT2D eigenvalue weighted by atomic mass is 16.5. The monoisotopic (exact) mass is 334 g/mol. The summed E-state index contributed by atoms with van der Waals surface area (Å²) < 4.78 is 10.7. The fourth-order valence-corrected chi connectivity index (χ4v) is 3.72. The maximum absolute atomic E-state index is 12.8. The average Bonchev–Trinajstić information content (AvgIpc) is 3.16. The van der Waals surface area contributed by atoms with Crippen molar-refractivity contribution in [2.24, 2.45) is 0 Å². The fraction of sp³-hybridized carbons (Fsp3) is 0.611. The van der Waals surface area contributed by atoms with E-state index in [1.807, 2.05) is 0 Å². The summed E-state index contributed by atoms with van der Waals surface area (Å²) in [5.74, 6) is 0.569. The molecule has 1 heterocycles. The van der Waals surface area contributed by atoms with Gasteiger partial charge in [-0.3, -0.25) is 9.69 Å². The molecular formula is C18H26N2O4. The third-order valence-corrected chi connectivity index (χ3v) is 4.98. The summed E-state index contributed by atoms with van der Waals surface area (Å²) in [5.41, 5.74) is 1.32. The Morgan fingerprint density at radius 1 is 1.42 bits per heavy atom. The standard InChI is InChI=1S/C18H26N2O4/c1-23-17-7-6-14(10-13(17)11-21)19-18(22)16-12-24-9-8-20(16)15-4-2-3-5-15/h6-7,10,15-16,21H,2-5,8-9,11-12H2,1H3,(H,19,22)/t16-/m0/s1. The van der Waals surface area contributed by atoms with Crippen molar-refractivity contribution in [3.8, 4) is 5.75 Å². The summed E-state index contributed by atoms with van der Waals surface area (Å²) in [4.78, 5) is 15.1. The van der Waals surface area contributed by atoms with Crippen LogP contribution in [0.5, 0.6) is 5.75 Å². The molecule has 1 saturated carbocycles. The van der Waals surface area contributed by atoms with Crippen molar-refractivity contribution < 1.29 is 19.4 Å². The lowest BCUT2D eigenvalue weighted by molar-refractivity contribution is -0.129. The van der Waals surface area contributed by atoms with Gasteiger partial charge in [-0.25, -0.2) is 0 Å². The van der Waals surface area contributed by atoms with Gasteiger partial charge >= 0.3 is 0 Å². The van der Waals surface area contributed by atoms with E-state index in [1.165, 1.54) is 25.7 Å². The molecular weight excluding hydrogens is 308 g/mol. The minimum Gasteiger partial charge on any atom is -0.496 e. The van der Waals surface area contributed by atoms with Gasteiger partial charge in [0.25, 0.3) is 0 Å². The first-order valence-corrected chi connectivity index (χ1v) is 8.65. The molecule has 2 aliphatic rings. The Morgan fingerprint density at radius 3 is 2.92 bits per heavy atom. The van der Waals surface area contributed by atoms with Gasteiger partial charge in [0.2, 0.25) is 5.91 Å². The van der Waals surface area contributed by atoms with Gasteiger partial charge in [0, 0.05) is 23.8 Å². The lowest BCUT2D eigenvalue weighted by Crippen LogP contribution is -2.55. The first kappa shape index (κ1) is 17.2. The largest absolute Gasteiger partial charge is 0.496 e. The lowest BCUT2D eigenvalue weighted by atomic mass is 10.1. The quantitative estimate of drug-likeness (QED) is 0.859. The molecule has 1 aromatic carbocycles. The number of hydrogen-bond donors (Lipinski definition) is 2. The second-order valence-electron chi connectivity index (χ2n) is 6.44. The second kappa shape index (κ2) is 7.96. The molecule has 2 fully saturated rings. The van der Waals surface area contributed by atoms with Crippen LogP contribution in [0.25, 0.3) is 0 Å². The van der Waals surface area contributed by atoms with Gasteiger partial charge in [0.1, 0.15) is 11.8 Å². The first-order valence-electron chi connectivity index (χ1n) is 8.65. The molecule has 1 aromatic rings. The highest BCUT2D eigenvalue weighted by Gasteiger charge is 2.35. The van der Waals surface area contributed by atoms with E-state index in [0.717, 1.165) is 6.54 Å². The zero-order valence-electron chi connectivity index (χ0n) is 14.2. The summed E-state index contributed by atoms with van der Waals surface area (Å²) in [6.07, 6.45) is 4.82. The molecule has 0 radical (unpaired) electrons. The number of hydrogen-bond acceptors (Lipinski definition) is 5. The van der Waals surface area contributed by atoms with Crippen LogP contribution in [0.4, 0.5) is 5.69 Å². The van der Waals surface area contributed by atoms with Crippen molar-refractivity contribution in [3.63, 3.8) is 0 Å². The van der Waals surface area contributed by atoms with Crippen LogP contribution in [-0.2, 0) is 16.1 Å². The van der Waals surface area contributed by atoms with Crippen LogP contribution in [0.1, 0.15) is 31.2 Å². The number of carbonyl (C=O) groups is 1. The third-order valence-electron chi connectivity index (χ3n) is 4.98. The van der Waals surface area contributed by atoms with Gasteiger partial charge < -0.3 is 19.9 Å². The van der Waals surface area contributed by atoms with E-state index in [0.29, 0.717) is 36.3 Å². The SMILES string of the molecule is COc1ccc(NC(=O)[C@@H]2COCCN2C2CCCC2)cc1CO. The van der Waals surface area contributed by atoms with Crippen molar-refractivity contribution in [1.29, 1.82) is 0 Å². The van der Waals surface area contributed by atoms with Crippen molar-refractivity contribution in [3.05, 3.63) is 23.8 Å². The summed E-state index contributed by atoms with van der Waals surface area (Å²) in [6, 6.07) is 5.54. The Hall–Kier alpha value is -1.63. The number of nitrogens with one attached hydrogen (secondary N) is 1. The normalized spacial score (nSPS) is 22.5. The van der Waals surface area contributed by atoms with Crippen LogP contribution in [0, 0.1) is 0 Å². The van der Waals surface area contributed by atoms with Gasteiger partial charge in [0.05, 0.1) is 26.9 Å². The topological polar surface area (TPSA) is 71.0 Å². The Balaban J connectivity index is 1.70. The van der Waals surface area contributed by atoms with Gasteiger partial charge in [0.15, 0.2) is 0 Å². The maximum atomic E-state index is 12.8. The molecule has 6 heteroatoms. The average molecular weight is 334 g/mol. The number of amides is 1. The number of ether oxygens (including phenoxy) is 2. The predicted octanol–water partition coefficient (Wildman–Crippen LogP) is 1.77. The van der Waals surface area contributed by atoms with E-state index < -0.39 is 0 Å². The first-order chi connectivity index (χ1) is 11.7. The molecule has 132 valence electrons. The van der Waals surface area contributed by atoms with E-state index in [4.69, 9.17) is 9.47 Å². The molecule has 0 unspecified atom stereocenters. The second-order valence-corrected chi connectivity index (χ2v) is 6.44. The molecule has 1 aliphatic carbocycles. The van der Waals surface area contributed by atoms with Crippen LogP contribution in [0.2, 0.25) is 0 Å². The van der Waals surface area contributed by atoms with E-state index >= 15 is 0 Å². The van der Waals surface area contributed by atoms with E-state index in [9.17, 15) is 9.90 Å². The van der Waals surface area contributed by atoms with Crippen LogP contribution >= 0.6 is 0 Å². The highest BCUT2D eigenvalue weighted by Crippen LogP contribution is 2.27. The van der Waals surface area contributed by atoms with Crippen LogP contribution in [-0.4, -0.2) is 54.9 Å². The minimum atomic E-state index is -0.249. The number of anilines is 1. The number of methoxy groups -OCH3 is 1. The molecule has 0 bridgehead atoms. The van der Waals surface area contributed by atoms with Gasteiger partial charge in [-0.1, -0.05) is 12.8 Å². The van der Waals surface area contributed by atoms with E-state index in [2.05, 4.69) is 10.2 Å². The van der Waals surface area contributed by atoms with Crippen LogP contribution in [0.15, 0.2) is 18.2 Å². The van der Waals surface area contributed by atoms with Gasteiger partial charge in [-0.2, -0.15) is 0 Å². The molecule has 24 heavy (non-hydrogen) atoms. The van der Waals surface area contributed by atoms with Gasteiger partial charge in [-0.05, 0) is 31.0 Å². The predicted molar refractivity (Wildman–Crippen MR) is 91.1 cm³/mol. The van der Waals surface area contributed by atoms with Crippen molar-refractivity contribution in [1.82, 2.24) is 4.90 Å². The number of rotatable bonds is 5. The highest BCUT2D eigenvalue weighted by molar-refractivity contribution is 5.95. The van der Waals surface area contributed by atoms with E-state index in [-0.39, 0.29) is 18.6 Å².